The Kier molecular flexibility index (Phi) is 5.58. The molecule has 0 atom stereocenters. The maximum atomic E-state index is 13.5. The van der Waals surface area contributed by atoms with E-state index in [1.807, 2.05) is 0 Å². The molecule has 2 aromatic rings. The highest BCUT2D eigenvalue weighted by molar-refractivity contribution is 5.95. The number of amides is 2. The SMILES string of the molecule is CC(C)(NC(=O)Cc1ccccc1C(N)=O)c1ccc(F)c(C(F)(F)F)c1. The molecule has 2 aromatic carbocycles. The number of alkyl halides is 3. The van der Waals surface area contributed by atoms with Gasteiger partial charge in [0.25, 0.3) is 0 Å². The van der Waals surface area contributed by atoms with Gasteiger partial charge in [0.1, 0.15) is 5.82 Å². The topological polar surface area (TPSA) is 72.2 Å². The zero-order chi connectivity index (χ0) is 20.4. The van der Waals surface area contributed by atoms with Crippen LogP contribution in [0, 0.1) is 5.82 Å². The van der Waals surface area contributed by atoms with E-state index in [2.05, 4.69) is 5.32 Å². The number of benzene rings is 2. The molecule has 0 heterocycles. The number of hydrogen-bond acceptors (Lipinski definition) is 2. The van der Waals surface area contributed by atoms with Gasteiger partial charge in [0.05, 0.1) is 17.5 Å². The number of primary amides is 1. The molecule has 3 N–H and O–H groups in total. The van der Waals surface area contributed by atoms with Gasteiger partial charge in [-0.25, -0.2) is 4.39 Å². The molecule has 2 amide bonds. The third-order valence-electron chi connectivity index (χ3n) is 4.08. The first-order valence-corrected chi connectivity index (χ1v) is 7.98. The van der Waals surface area contributed by atoms with Crippen LogP contribution in [0.4, 0.5) is 17.6 Å². The molecular formula is C19H18F4N2O2. The van der Waals surface area contributed by atoms with Crippen molar-refractivity contribution in [1.29, 1.82) is 0 Å². The quantitative estimate of drug-likeness (QED) is 0.777. The van der Waals surface area contributed by atoms with Crippen molar-refractivity contribution in [3.63, 3.8) is 0 Å². The Hall–Kier alpha value is -2.90. The predicted octanol–water partition coefficient (Wildman–Crippen LogP) is 3.54. The largest absolute Gasteiger partial charge is 0.419 e. The van der Waals surface area contributed by atoms with Gasteiger partial charge in [0, 0.05) is 5.56 Å². The van der Waals surface area contributed by atoms with Gasteiger partial charge in [-0.1, -0.05) is 24.3 Å². The van der Waals surface area contributed by atoms with E-state index in [-0.39, 0.29) is 17.5 Å². The van der Waals surface area contributed by atoms with Crippen LogP contribution in [0.2, 0.25) is 0 Å². The van der Waals surface area contributed by atoms with E-state index in [1.54, 1.807) is 18.2 Å². The minimum Gasteiger partial charge on any atom is -0.366 e. The summed E-state index contributed by atoms with van der Waals surface area (Å²) in [6.07, 6.45) is -5.03. The Morgan fingerprint density at radius 1 is 1.07 bits per heavy atom. The molecule has 144 valence electrons. The maximum absolute atomic E-state index is 13.5. The average Bonchev–Trinajstić information content (AvgIpc) is 2.53. The Labute approximate surface area is 153 Å². The molecule has 0 unspecified atom stereocenters. The highest BCUT2D eigenvalue weighted by Crippen LogP contribution is 2.34. The van der Waals surface area contributed by atoms with Gasteiger partial charge >= 0.3 is 6.18 Å². The summed E-state index contributed by atoms with van der Waals surface area (Å²) in [5, 5.41) is 2.60. The molecule has 0 bridgehead atoms. The molecule has 0 aliphatic heterocycles. The third-order valence-corrected chi connectivity index (χ3v) is 4.08. The highest BCUT2D eigenvalue weighted by atomic mass is 19.4. The minimum atomic E-state index is -4.85. The smallest absolute Gasteiger partial charge is 0.366 e. The van der Waals surface area contributed by atoms with Crippen molar-refractivity contribution in [2.24, 2.45) is 5.73 Å². The maximum Gasteiger partial charge on any atom is 0.419 e. The lowest BCUT2D eigenvalue weighted by Gasteiger charge is -2.28. The van der Waals surface area contributed by atoms with E-state index >= 15 is 0 Å². The fourth-order valence-electron chi connectivity index (χ4n) is 2.68. The average molecular weight is 382 g/mol. The molecule has 0 radical (unpaired) electrons. The van der Waals surface area contributed by atoms with E-state index in [0.717, 1.165) is 0 Å². The second kappa shape index (κ2) is 7.38. The molecule has 0 aliphatic carbocycles. The van der Waals surface area contributed by atoms with Gasteiger partial charge in [0.2, 0.25) is 11.8 Å². The lowest BCUT2D eigenvalue weighted by Crippen LogP contribution is -2.42. The van der Waals surface area contributed by atoms with Crippen molar-refractivity contribution >= 4 is 11.8 Å². The highest BCUT2D eigenvalue weighted by Gasteiger charge is 2.36. The van der Waals surface area contributed by atoms with Crippen LogP contribution in [0.3, 0.4) is 0 Å². The van der Waals surface area contributed by atoms with Crippen LogP contribution in [-0.4, -0.2) is 11.8 Å². The minimum absolute atomic E-state index is 0.0905. The van der Waals surface area contributed by atoms with Crippen LogP contribution in [0.25, 0.3) is 0 Å². The summed E-state index contributed by atoms with van der Waals surface area (Å²) in [6, 6.07) is 8.85. The van der Waals surface area contributed by atoms with Gasteiger partial charge in [0.15, 0.2) is 0 Å². The van der Waals surface area contributed by atoms with E-state index in [4.69, 9.17) is 5.73 Å². The fourth-order valence-corrected chi connectivity index (χ4v) is 2.68. The summed E-state index contributed by atoms with van der Waals surface area (Å²) in [5.41, 5.74) is 3.34. The van der Waals surface area contributed by atoms with E-state index in [0.29, 0.717) is 17.7 Å². The fraction of sp³-hybridized carbons (Fsp3) is 0.263. The van der Waals surface area contributed by atoms with Gasteiger partial charge in [-0.05, 0) is 43.2 Å². The molecule has 0 fully saturated rings. The third kappa shape index (κ3) is 4.84. The second-order valence-corrected chi connectivity index (χ2v) is 6.56. The number of nitrogens with one attached hydrogen (secondary N) is 1. The predicted molar refractivity (Wildman–Crippen MR) is 91.2 cm³/mol. The number of halogens is 4. The van der Waals surface area contributed by atoms with Crippen LogP contribution < -0.4 is 11.1 Å². The molecule has 0 saturated carbocycles. The number of nitrogens with two attached hydrogens (primary N) is 1. The van der Waals surface area contributed by atoms with Crippen molar-refractivity contribution in [2.75, 3.05) is 0 Å². The molecule has 27 heavy (non-hydrogen) atoms. The van der Waals surface area contributed by atoms with Crippen molar-refractivity contribution < 1.29 is 27.2 Å². The summed E-state index contributed by atoms with van der Waals surface area (Å²) in [6.45, 7) is 3.00. The Balaban J connectivity index is 2.24. The molecule has 0 saturated heterocycles. The monoisotopic (exact) mass is 382 g/mol. The molecule has 0 spiro atoms. The zero-order valence-corrected chi connectivity index (χ0v) is 14.7. The molecular weight excluding hydrogens is 364 g/mol. The number of hydrogen-bond donors (Lipinski definition) is 2. The van der Waals surface area contributed by atoms with Crippen LogP contribution in [0.1, 0.15) is 40.9 Å². The van der Waals surface area contributed by atoms with E-state index in [1.165, 1.54) is 26.0 Å². The summed E-state index contributed by atoms with van der Waals surface area (Å²) < 4.78 is 52.2. The standard InChI is InChI=1S/C19H18F4N2O2/c1-18(2,12-7-8-15(20)14(10-12)19(21,22)23)25-16(26)9-11-5-3-4-6-13(11)17(24)27/h3-8,10H,9H2,1-2H3,(H2,24,27)(H,25,26). The van der Waals surface area contributed by atoms with Crippen molar-refractivity contribution in [2.45, 2.75) is 32.0 Å². The summed E-state index contributed by atoms with van der Waals surface area (Å²) in [4.78, 5) is 23.8. The zero-order valence-electron chi connectivity index (χ0n) is 14.7. The van der Waals surface area contributed by atoms with Crippen molar-refractivity contribution in [1.82, 2.24) is 5.32 Å². The first kappa shape index (κ1) is 20.4. The molecule has 4 nitrogen and oxygen atoms in total. The Morgan fingerprint density at radius 2 is 1.70 bits per heavy atom. The normalized spacial score (nSPS) is 11.9. The molecule has 2 rings (SSSR count). The Bertz CT molecular complexity index is 876. The second-order valence-electron chi connectivity index (χ2n) is 6.56. The summed E-state index contributed by atoms with van der Waals surface area (Å²) >= 11 is 0. The van der Waals surface area contributed by atoms with Crippen LogP contribution in [0.5, 0.6) is 0 Å². The first-order valence-electron chi connectivity index (χ1n) is 7.98. The van der Waals surface area contributed by atoms with Gasteiger partial charge in [-0.3, -0.25) is 9.59 Å². The van der Waals surface area contributed by atoms with Crippen LogP contribution in [0.15, 0.2) is 42.5 Å². The molecule has 0 aliphatic rings. The van der Waals surface area contributed by atoms with Crippen molar-refractivity contribution in [3.8, 4) is 0 Å². The van der Waals surface area contributed by atoms with Gasteiger partial charge in [-0.15, -0.1) is 0 Å². The number of carbonyl (C=O) groups excluding carboxylic acids is 2. The molecule has 8 heteroatoms. The van der Waals surface area contributed by atoms with Gasteiger partial charge in [-0.2, -0.15) is 13.2 Å². The number of carbonyl (C=O) groups is 2. The van der Waals surface area contributed by atoms with E-state index in [9.17, 15) is 27.2 Å². The Morgan fingerprint density at radius 3 is 2.30 bits per heavy atom. The summed E-state index contributed by atoms with van der Waals surface area (Å²) in [5.74, 6) is -2.60. The van der Waals surface area contributed by atoms with Crippen LogP contribution >= 0.6 is 0 Å². The van der Waals surface area contributed by atoms with Crippen molar-refractivity contribution in [3.05, 3.63) is 70.5 Å². The first-order chi connectivity index (χ1) is 12.4. The van der Waals surface area contributed by atoms with Gasteiger partial charge < -0.3 is 11.1 Å². The van der Waals surface area contributed by atoms with E-state index < -0.39 is 34.9 Å². The summed E-state index contributed by atoms with van der Waals surface area (Å²) in [7, 11) is 0. The number of rotatable bonds is 5. The lowest BCUT2D eigenvalue weighted by molar-refractivity contribution is -0.140. The lowest BCUT2D eigenvalue weighted by atomic mass is 9.92. The van der Waals surface area contributed by atoms with Crippen LogP contribution in [-0.2, 0) is 22.9 Å². The molecule has 0 aromatic heterocycles.